The molecule has 0 radical (unpaired) electrons. The minimum Gasteiger partial charge on any atom is -0.267 e. The maximum atomic E-state index is 4.52. The molecule has 0 aromatic rings. The second-order valence-corrected chi connectivity index (χ2v) is 6.61. The molecule has 1 nitrogen and oxygen atoms in total. The fourth-order valence-electron chi connectivity index (χ4n) is 1.11. The van der Waals surface area contributed by atoms with E-state index in [0.29, 0.717) is 0 Å². The van der Waals surface area contributed by atoms with Gasteiger partial charge in [0.15, 0.2) is 0 Å². The summed E-state index contributed by atoms with van der Waals surface area (Å²) in [5, 5.41) is 0. The summed E-state index contributed by atoms with van der Waals surface area (Å²) in [4.78, 5) is 0. The first kappa shape index (κ1) is 13.7. The van der Waals surface area contributed by atoms with Crippen LogP contribution in [0.15, 0.2) is 0 Å². The van der Waals surface area contributed by atoms with Crippen molar-refractivity contribution in [1.82, 2.24) is 4.72 Å². The molecular weight excluding hydrogens is 198 g/mol. The van der Waals surface area contributed by atoms with Gasteiger partial charge in [-0.15, -0.1) is 0 Å². The van der Waals surface area contributed by atoms with E-state index in [-0.39, 0.29) is 4.75 Å². The zero-order chi connectivity index (χ0) is 10.3. The Morgan fingerprint density at radius 2 is 2.00 bits per heavy atom. The van der Waals surface area contributed by atoms with E-state index in [2.05, 4.69) is 38.1 Å². The second-order valence-electron chi connectivity index (χ2n) is 4.30. The van der Waals surface area contributed by atoms with Gasteiger partial charge in [-0.3, -0.25) is 4.72 Å². The van der Waals surface area contributed by atoms with E-state index in [1.54, 1.807) is 11.9 Å². The molecule has 0 amide bonds. The van der Waals surface area contributed by atoms with Crippen molar-refractivity contribution in [3.8, 4) is 0 Å². The van der Waals surface area contributed by atoms with E-state index in [0.717, 1.165) is 5.92 Å². The van der Waals surface area contributed by atoms with E-state index in [1.807, 2.05) is 7.05 Å². The van der Waals surface area contributed by atoms with Gasteiger partial charge >= 0.3 is 0 Å². The Labute approximate surface area is 93.0 Å². The van der Waals surface area contributed by atoms with Gasteiger partial charge in [0, 0.05) is 10.5 Å². The molecule has 0 aliphatic heterocycles. The highest BCUT2D eigenvalue weighted by atomic mass is 32.2. The smallest absolute Gasteiger partial charge is 0.00810 e. The van der Waals surface area contributed by atoms with Crippen LogP contribution in [0.2, 0.25) is 0 Å². The summed E-state index contributed by atoms with van der Waals surface area (Å²) in [6.45, 7) is 6.70. The third kappa shape index (κ3) is 10.6. The molecule has 0 spiro atoms. The van der Waals surface area contributed by atoms with E-state index >= 15 is 0 Å². The number of rotatable bonds is 7. The molecule has 0 aromatic heterocycles. The van der Waals surface area contributed by atoms with Gasteiger partial charge in [0.05, 0.1) is 0 Å². The third-order valence-electron chi connectivity index (χ3n) is 2.11. The maximum Gasteiger partial charge on any atom is 0.00810 e. The van der Waals surface area contributed by atoms with Crippen LogP contribution in [0.5, 0.6) is 0 Å². The fourth-order valence-corrected chi connectivity index (χ4v) is 1.96. The van der Waals surface area contributed by atoms with Gasteiger partial charge in [0.1, 0.15) is 0 Å². The standard InChI is InChI=1S/C10H23NS2/c1-9(6-8-13-11-4)5-7-10(2,3)12/h9,11-12H,5-8H2,1-4H3. The highest BCUT2D eigenvalue weighted by Crippen LogP contribution is 2.23. The molecule has 0 bridgehead atoms. The van der Waals surface area contributed by atoms with Gasteiger partial charge in [0.25, 0.3) is 0 Å². The predicted octanol–water partition coefficient (Wildman–Crippen LogP) is 3.37. The van der Waals surface area contributed by atoms with Crippen LogP contribution < -0.4 is 4.72 Å². The van der Waals surface area contributed by atoms with Crippen molar-refractivity contribution in [3.05, 3.63) is 0 Å². The van der Waals surface area contributed by atoms with Crippen molar-refractivity contribution >= 4 is 24.6 Å². The maximum absolute atomic E-state index is 4.52. The molecule has 13 heavy (non-hydrogen) atoms. The zero-order valence-electron chi connectivity index (χ0n) is 9.26. The summed E-state index contributed by atoms with van der Waals surface area (Å²) in [6.07, 6.45) is 3.80. The van der Waals surface area contributed by atoms with Crippen molar-refractivity contribution in [2.75, 3.05) is 12.8 Å². The van der Waals surface area contributed by atoms with E-state index in [9.17, 15) is 0 Å². The molecular formula is C10H23NS2. The fraction of sp³-hybridized carbons (Fsp3) is 1.00. The van der Waals surface area contributed by atoms with E-state index in [4.69, 9.17) is 0 Å². The lowest BCUT2D eigenvalue weighted by Gasteiger charge is -2.19. The summed E-state index contributed by atoms with van der Waals surface area (Å²) in [6, 6.07) is 0. The first-order valence-electron chi connectivity index (χ1n) is 4.96. The Kier molecular flexibility index (Phi) is 7.37. The zero-order valence-corrected chi connectivity index (χ0v) is 11.0. The summed E-state index contributed by atoms with van der Waals surface area (Å²) in [7, 11) is 1.98. The molecule has 1 atom stereocenters. The van der Waals surface area contributed by atoms with Crippen LogP contribution in [-0.2, 0) is 0 Å². The summed E-state index contributed by atoms with van der Waals surface area (Å²) in [5.74, 6) is 2.04. The highest BCUT2D eigenvalue weighted by Gasteiger charge is 2.13. The number of hydrogen-bond acceptors (Lipinski definition) is 3. The Balaban J connectivity index is 3.35. The van der Waals surface area contributed by atoms with Crippen molar-refractivity contribution in [2.45, 2.75) is 44.8 Å². The Morgan fingerprint density at radius 3 is 2.46 bits per heavy atom. The number of hydrogen-bond donors (Lipinski definition) is 2. The first-order valence-corrected chi connectivity index (χ1v) is 6.40. The summed E-state index contributed by atoms with van der Waals surface area (Å²) in [5.41, 5.74) is 0. The molecule has 0 aliphatic rings. The molecule has 0 saturated carbocycles. The average molecular weight is 221 g/mol. The monoisotopic (exact) mass is 221 g/mol. The predicted molar refractivity (Wildman–Crippen MR) is 67.6 cm³/mol. The Bertz CT molecular complexity index is 121. The van der Waals surface area contributed by atoms with Crippen molar-refractivity contribution < 1.29 is 0 Å². The van der Waals surface area contributed by atoms with E-state index in [1.165, 1.54) is 25.0 Å². The van der Waals surface area contributed by atoms with Gasteiger partial charge in [-0.05, 0) is 32.2 Å². The van der Waals surface area contributed by atoms with Crippen LogP contribution in [0.3, 0.4) is 0 Å². The third-order valence-corrected chi connectivity index (χ3v) is 3.06. The van der Waals surface area contributed by atoms with E-state index < -0.39 is 0 Å². The Morgan fingerprint density at radius 1 is 1.38 bits per heavy atom. The van der Waals surface area contributed by atoms with Crippen LogP contribution in [0, 0.1) is 5.92 Å². The van der Waals surface area contributed by atoms with Crippen LogP contribution in [0.4, 0.5) is 0 Å². The topological polar surface area (TPSA) is 12.0 Å². The first-order chi connectivity index (χ1) is 5.95. The number of nitrogens with one attached hydrogen (secondary N) is 1. The van der Waals surface area contributed by atoms with Crippen molar-refractivity contribution in [1.29, 1.82) is 0 Å². The largest absolute Gasteiger partial charge is 0.267 e. The Hall–Kier alpha value is 0.660. The van der Waals surface area contributed by atoms with Gasteiger partial charge in [-0.2, -0.15) is 12.6 Å². The van der Waals surface area contributed by atoms with Gasteiger partial charge in [-0.1, -0.05) is 32.7 Å². The second kappa shape index (κ2) is 7.02. The minimum absolute atomic E-state index is 0.199. The lowest BCUT2D eigenvalue weighted by atomic mass is 9.97. The molecule has 80 valence electrons. The lowest BCUT2D eigenvalue weighted by Crippen LogP contribution is -2.12. The molecule has 0 saturated heterocycles. The summed E-state index contributed by atoms with van der Waals surface area (Å²) >= 11 is 6.32. The molecule has 0 aliphatic carbocycles. The van der Waals surface area contributed by atoms with Gasteiger partial charge in [0.2, 0.25) is 0 Å². The van der Waals surface area contributed by atoms with Crippen molar-refractivity contribution in [2.24, 2.45) is 5.92 Å². The van der Waals surface area contributed by atoms with Gasteiger partial charge < -0.3 is 0 Å². The van der Waals surface area contributed by atoms with Crippen LogP contribution >= 0.6 is 24.6 Å². The molecule has 1 unspecified atom stereocenters. The number of thiol groups is 1. The minimum atomic E-state index is 0.199. The molecule has 0 heterocycles. The highest BCUT2D eigenvalue weighted by molar-refractivity contribution is 7.97. The van der Waals surface area contributed by atoms with Crippen LogP contribution in [0.25, 0.3) is 0 Å². The molecule has 3 heteroatoms. The average Bonchev–Trinajstić information content (AvgIpc) is 2.00. The van der Waals surface area contributed by atoms with Gasteiger partial charge in [-0.25, -0.2) is 0 Å². The lowest BCUT2D eigenvalue weighted by molar-refractivity contribution is 0.464. The van der Waals surface area contributed by atoms with Crippen molar-refractivity contribution in [3.63, 3.8) is 0 Å². The molecule has 0 rings (SSSR count). The SMILES string of the molecule is CNSCCC(C)CCC(C)(C)S. The molecule has 0 aromatic carbocycles. The van der Waals surface area contributed by atoms with Crippen LogP contribution in [-0.4, -0.2) is 17.5 Å². The molecule has 1 N–H and O–H groups in total. The normalized spacial score (nSPS) is 14.5. The van der Waals surface area contributed by atoms with Crippen LogP contribution in [0.1, 0.15) is 40.0 Å². The summed E-state index contributed by atoms with van der Waals surface area (Å²) < 4.78 is 3.30. The molecule has 0 fully saturated rings. The quantitative estimate of drug-likeness (QED) is 0.388.